The third-order valence-corrected chi connectivity index (χ3v) is 3.43. The predicted octanol–water partition coefficient (Wildman–Crippen LogP) is 2.15. The molecule has 3 rings (SSSR count). The van der Waals surface area contributed by atoms with E-state index in [2.05, 4.69) is 4.98 Å². The Hall–Kier alpha value is -2.15. The molecule has 2 heterocycles. The van der Waals surface area contributed by atoms with Gasteiger partial charge in [-0.2, -0.15) is 0 Å². The second kappa shape index (κ2) is 4.20. The summed E-state index contributed by atoms with van der Waals surface area (Å²) in [5, 5.41) is 1.70. The number of anilines is 1. The summed E-state index contributed by atoms with van der Waals surface area (Å²) < 4.78 is 26.8. The van der Waals surface area contributed by atoms with Crippen molar-refractivity contribution in [3.63, 3.8) is 0 Å². The average molecular weight is 280 g/mol. The highest BCUT2D eigenvalue weighted by atomic mass is 32.1. The van der Waals surface area contributed by atoms with Crippen LogP contribution in [-0.4, -0.2) is 16.7 Å². The molecule has 7 heteroatoms. The molecule has 1 amide bonds. The van der Waals surface area contributed by atoms with E-state index in [-0.39, 0.29) is 17.8 Å². The fraction of sp³-hybridized carbons (Fsp3) is 0.0833. The molecule has 0 aliphatic carbocycles. The fourth-order valence-electron chi connectivity index (χ4n) is 1.97. The molecule has 0 saturated heterocycles. The smallest absolute Gasteiger partial charge is 0.299 e. The van der Waals surface area contributed by atoms with Crippen LogP contribution in [0.5, 0.6) is 0 Å². The van der Waals surface area contributed by atoms with Gasteiger partial charge < -0.3 is 0 Å². The lowest BCUT2D eigenvalue weighted by Crippen LogP contribution is -2.29. The van der Waals surface area contributed by atoms with Crippen LogP contribution in [0.1, 0.15) is 16.1 Å². The van der Waals surface area contributed by atoms with Gasteiger partial charge in [0.1, 0.15) is 11.6 Å². The molecule has 96 valence electrons. The minimum absolute atomic E-state index is 0.0178. The first kappa shape index (κ1) is 11.9. The first-order valence-corrected chi connectivity index (χ1v) is 6.24. The molecule has 0 radical (unpaired) electrons. The molecule has 0 bridgehead atoms. The maximum Gasteiger partial charge on any atom is 0.299 e. The molecule has 1 aliphatic rings. The third-order valence-electron chi connectivity index (χ3n) is 2.80. The summed E-state index contributed by atoms with van der Waals surface area (Å²) in [7, 11) is 0. The van der Waals surface area contributed by atoms with E-state index < -0.39 is 23.3 Å². The Bertz CT molecular complexity index is 685. The van der Waals surface area contributed by atoms with Crippen molar-refractivity contribution in [1.29, 1.82) is 0 Å². The Morgan fingerprint density at radius 1 is 1.26 bits per heavy atom. The Labute approximate surface area is 110 Å². The molecule has 19 heavy (non-hydrogen) atoms. The van der Waals surface area contributed by atoms with Crippen molar-refractivity contribution >= 4 is 28.7 Å². The van der Waals surface area contributed by atoms with Crippen LogP contribution in [0, 0.1) is 11.6 Å². The van der Waals surface area contributed by atoms with Crippen molar-refractivity contribution in [3.8, 4) is 0 Å². The number of aromatic nitrogens is 1. The first-order valence-electron chi connectivity index (χ1n) is 5.30. The molecule has 1 aromatic carbocycles. The monoisotopic (exact) mass is 280 g/mol. The van der Waals surface area contributed by atoms with Gasteiger partial charge in [0.05, 0.1) is 29.0 Å². The van der Waals surface area contributed by atoms with Gasteiger partial charge in [-0.25, -0.2) is 13.8 Å². The van der Waals surface area contributed by atoms with Crippen LogP contribution in [0.4, 0.5) is 14.5 Å². The lowest BCUT2D eigenvalue weighted by atomic mass is 10.1. The summed E-state index contributed by atoms with van der Waals surface area (Å²) in [4.78, 5) is 28.5. The van der Waals surface area contributed by atoms with Gasteiger partial charge in [0, 0.05) is 11.4 Å². The molecule has 0 fully saturated rings. The van der Waals surface area contributed by atoms with Crippen molar-refractivity contribution in [1.82, 2.24) is 4.98 Å². The largest absolute Gasteiger partial charge is 0.299 e. The lowest BCUT2D eigenvalue weighted by Gasteiger charge is -2.14. The number of nitrogens with zero attached hydrogens (tertiary/aromatic N) is 2. The van der Waals surface area contributed by atoms with Crippen molar-refractivity contribution < 1.29 is 18.4 Å². The second-order valence-electron chi connectivity index (χ2n) is 3.98. The Kier molecular flexibility index (Phi) is 2.63. The van der Waals surface area contributed by atoms with Gasteiger partial charge >= 0.3 is 0 Å². The van der Waals surface area contributed by atoms with Gasteiger partial charge in [0.15, 0.2) is 0 Å². The number of fused-ring (bicyclic) bond motifs is 1. The van der Waals surface area contributed by atoms with Crippen LogP contribution in [0.2, 0.25) is 0 Å². The third kappa shape index (κ3) is 1.82. The van der Waals surface area contributed by atoms with Crippen LogP contribution in [0.25, 0.3) is 0 Å². The molecule has 4 nitrogen and oxygen atoms in total. The number of rotatable bonds is 2. The standard InChI is InChI=1S/C12H6F2N2O2S/c13-6-1-8(14)10-9(2-6)16(12(18)11(10)17)3-7-4-19-5-15-7/h1-2,4-5H,3H2. The van der Waals surface area contributed by atoms with Gasteiger partial charge in [-0.1, -0.05) is 0 Å². The normalized spacial score (nSPS) is 14.1. The SMILES string of the molecule is O=C1C(=O)N(Cc2cscn2)c2cc(F)cc(F)c21. The molecule has 2 aromatic rings. The summed E-state index contributed by atoms with van der Waals surface area (Å²) in [6, 6.07) is 1.57. The summed E-state index contributed by atoms with van der Waals surface area (Å²) in [5.41, 5.74) is 1.72. The number of ketones is 1. The van der Waals surface area contributed by atoms with Gasteiger partial charge in [0.2, 0.25) is 0 Å². The van der Waals surface area contributed by atoms with Crippen LogP contribution in [0.15, 0.2) is 23.0 Å². The lowest BCUT2D eigenvalue weighted by molar-refractivity contribution is -0.114. The number of amides is 1. The summed E-state index contributed by atoms with van der Waals surface area (Å²) in [6.07, 6.45) is 0. The van der Waals surface area contributed by atoms with E-state index in [1.165, 1.54) is 11.3 Å². The van der Waals surface area contributed by atoms with Crippen LogP contribution in [-0.2, 0) is 11.3 Å². The molecule has 0 N–H and O–H groups in total. The minimum Gasteiger partial charge on any atom is -0.299 e. The second-order valence-corrected chi connectivity index (χ2v) is 4.70. The summed E-state index contributed by atoms with van der Waals surface area (Å²) in [5.74, 6) is -3.67. The van der Waals surface area contributed by atoms with Crippen LogP contribution in [0.3, 0.4) is 0 Å². The Morgan fingerprint density at radius 3 is 2.74 bits per heavy atom. The van der Waals surface area contributed by atoms with E-state index in [0.29, 0.717) is 11.8 Å². The summed E-state index contributed by atoms with van der Waals surface area (Å²) >= 11 is 1.33. The molecule has 0 unspecified atom stereocenters. The maximum atomic E-state index is 13.6. The predicted molar refractivity (Wildman–Crippen MR) is 64.0 cm³/mol. The Morgan fingerprint density at radius 2 is 2.05 bits per heavy atom. The van der Waals surface area contributed by atoms with E-state index >= 15 is 0 Å². The van der Waals surface area contributed by atoms with Gasteiger partial charge in [-0.05, 0) is 6.07 Å². The Balaban J connectivity index is 2.09. The molecular weight excluding hydrogens is 274 g/mol. The first-order chi connectivity index (χ1) is 9.08. The number of thiazole rings is 1. The highest BCUT2D eigenvalue weighted by Crippen LogP contribution is 2.33. The van der Waals surface area contributed by atoms with Crippen molar-refractivity contribution in [2.45, 2.75) is 6.54 Å². The average Bonchev–Trinajstić information content (AvgIpc) is 2.93. The van der Waals surface area contributed by atoms with E-state index in [0.717, 1.165) is 11.0 Å². The molecule has 0 spiro atoms. The maximum absolute atomic E-state index is 13.6. The van der Waals surface area contributed by atoms with Crippen LogP contribution >= 0.6 is 11.3 Å². The molecular formula is C12H6F2N2O2S. The zero-order valence-corrected chi connectivity index (χ0v) is 10.2. The number of Topliss-reactive ketones (excluding diaryl/α,β-unsaturated/α-hetero) is 1. The molecule has 1 aromatic heterocycles. The van der Waals surface area contributed by atoms with Crippen LogP contribution < -0.4 is 4.90 Å². The number of hydrogen-bond acceptors (Lipinski definition) is 4. The number of benzene rings is 1. The summed E-state index contributed by atoms with van der Waals surface area (Å²) in [6.45, 7) is 0.0178. The van der Waals surface area contributed by atoms with E-state index in [1.807, 2.05) is 0 Å². The van der Waals surface area contributed by atoms with Crippen molar-refractivity contribution in [3.05, 3.63) is 45.9 Å². The van der Waals surface area contributed by atoms with Gasteiger partial charge in [-0.15, -0.1) is 11.3 Å². The topological polar surface area (TPSA) is 50.3 Å². The van der Waals surface area contributed by atoms with E-state index in [9.17, 15) is 18.4 Å². The molecule has 0 atom stereocenters. The zero-order chi connectivity index (χ0) is 13.6. The zero-order valence-electron chi connectivity index (χ0n) is 9.39. The van der Waals surface area contributed by atoms with E-state index in [4.69, 9.17) is 0 Å². The highest BCUT2D eigenvalue weighted by molar-refractivity contribution is 7.07. The van der Waals surface area contributed by atoms with Crippen molar-refractivity contribution in [2.75, 3.05) is 4.90 Å². The molecule has 1 aliphatic heterocycles. The molecule has 0 saturated carbocycles. The number of halogens is 2. The number of carbonyl (C=O) groups is 2. The number of hydrogen-bond donors (Lipinski definition) is 0. The van der Waals surface area contributed by atoms with E-state index in [1.54, 1.807) is 10.9 Å². The van der Waals surface area contributed by atoms with Crippen molar-refractivity contribution in [2.24, 2.45) is 0 Å². The van der Waals surface area contributed by atoms with Gasteiger partial charge in [0.25, 0.3) is 11.7 Å². The fourth-order valence-corrected chi connectivity index (χ4v) is 2.52. The van der Waals surface area contributed by atoms with Gasteiger partial charge in [-0.3, -0.25) is 14.5 Å². The minimum atomic E-state index is -1.02. The highest BCUT2D eigenvalue weighted by Gasteiger charge is 2.39. The number of carbonyl (C=O) groups excluding carboxylic acids is 2. The quantitative estimate of drug-likeness (QED) is 0.792.